The number of likely N-dealkylation sites (tertiary alicyclic amines) is 1. The first-order valence-electron chi connectivity index (χ1n) is 8.17. The van der Waals surface area contributed by atoms with Crippen LogP contribution in [0.2, 0.25) is 0 Å². The SMILES string of the molecule is CCC(C)(C(O)Cc1ccccc1OC)N1CCCCC1. The molecule has 1 fully saturated rings. The number of nitrogens with zero attached hydrogens (tertiary/aromatic N) is 1. The van der Waals surface area contributed by atoms with E-state index in [2.05, 4.69) is 18.7 Å². The van der Waals surface area contributed by atoms with E-state index >= 15 is 0 Å². The van der Waals surface area contributed by atoms with E-state index in [1.54, 1.807) is 7.11 Å². The van der Waals surface area contributed by atoms with Crippen molar-refractivity contribution in [1.82, 2.24) is 4.90 Å². The second-order valence-electron chi connectivity index (χ2n) is 6.29. The van der Waals surface area contributed by atoms with E-state index < -0.39 is 0 Å². The Bertz CT molecular complexity index is 443. The third-order valence-electron chi connectivity index (χ3n) is 5.12. The molecule has 3 nitrogen and oxygen atoms in total. The molecule has 0 saturated carbocycles. The minimum atomic E-state index is -0.378. The van der Waals surface area contributed by atoms with Gasteiger partial charge in [0.2, 0.25) is 0 Å². The van der Waals surface area contributed by atoms with Gasteiger partial charge in [0.15, 0.2) is 0 Å². The van der Waals surface area contributed by atoms with Crippen LogP contribution in [0, 0.1) is 0 Å². The number of benzene rings is 1. The van der Waals surface area contributed by atoms with Gasteiger partial charge in [0.1, 0.15) is 5.75 Å². The second kappa shape index (κ2) is 7.28. The Hall–Kier alpha value is -1.06. The van der Waals surface area contributed by atoms with Crippen molar-refractivity contribution in [2.75, 3.05) is 20.2 Å². The molecule has 0 aromatic heterocycles. The Morgan fingerprint density at radius 1 is 1.24 bits per heavy atom. The lowest BCUT2D eigenvalue weighted by Gasteiger charge is -2.46. The highest BCUT2D eigenvalue weighted by Crippen LogP contribution is 2.30. The van der Waals surface area contributed by atoms with Crippen LogP contribution in [0.15, 0.2) is 24.3 Å². The highest BCUT2D eigenvalue weighted by atomic mass is 16.5. The average molecular weight is 291 g/mol. The normalized spacial score (nSPS) is 20.8. The summed E-state index contributed by atoms with van der Waals surface area (Å²) in [5.41, 5.74) is 0.936. The number of hydrogen-bond acceptors (Lipinski definition) is 3. The van der Waals surface area contributed by atoms with Gasteiger partial charge in [0.05, 0.1) is 13.2 Å². The van der Waals surface area contributed by atoms with Crippen molar-refractivity contribution in [3.63, 3.8) is 0 Å². The van der Waals surface area contributed by atoms with Crippen molar-refractivity contribution in [2.45, 2.75) is 57.6 Å². The summed E-state index contributed by atoms with van der Waals surface area (Å²) in [5.74, 6) is 0.869. The van der Waals surface area contributed by atoms with E-state index in [9.17, 15) is 5.11 Å². The lowest BCUT2D eigenvalue weighted by Crippen LogP contribution is -2.56. The summed E-state index contributed by atoms with van der Waals surface area (Å²) in [7, 11) is 1.69. The molecule has 21 heavy (non-hydrogen) atoms. The van der Waals surface area contributed by atoms with Gasteiger partial charge in [0.25, 0.3) is 0 Å². The van der Waals surface area contributed by atoms with Crippen LogP contribution in [-0.2, 0) is 6.42 Å². The van der Waals surface area contributed by atoms with E-state index in [0.29, 0.717) is 6.42 Å². The molecule has 0 amide bonds. The zero-order valence-electron chi connectivity index (χ0n) is 13.6. The van der Waals surface area contributed by atoms with Gasteiger partial charge in [0, 0.05) is 12.0 Å². The van der Waals surface area contributed by atoms with Crippen LogP contribution in [0.1, 0.15) is 45.1 Å². The van der Waals surface area contributed by atoms with E-state index in [-0.39, 0.29) is 11.6 Å². The number of aliphatic hydroxyl groups excluding tert-OH is 1. The van der Waals surface area contributed by atoms with Gasteiger partial charge in [-0.1, -0.05) is 31.5 Å². The summed E-state index contributed by atoms with van der Waals surface area (Å²) in [6, 6.07) is 7.99. The summed E-state index contributed by atoms with van der Waals surface area (Å²) in [5, 5.41) is 10.9. The van der Waals surface area contributed by atoms with Crippen molar-refractivity contribution >= 4 is 0 Å². The van der Waals surface area contributed by atoms with Gasteiger partial charge in [-0.15, -0.1) is 0 Å². The van der Waals surface area contributed by atoms with Crippen LogP contribution < -0.4 is 4.74 Å². The molecule has 0 radical (unpaired) electrons. The number of ether oxygens (including phenoxy) is 1. The van der Waals surface area contributed by atoms with Gasteiger partial charge in [-0.05, 0) is 50.9 Å². The number of aliphatic hydroxyl groups is 1. The van der Waals surface area contributed by atoms with Crippen molar-refractivity contribution in [1.29, 1.82) is 0 Å². The van der Waals surface area contributed by atoms with E-state index in [0.717, 1.165) is 30.8 Å². The van der Waals surface area contributed by atoms with Crippen LogP contribution in [0.3, 0.4) is 0 Å². The number of rotatable bonds is 6. The smallest absolute Gasteiger partial charge is 0.122 e. The van der Waals surface area contributed by atoms with Crippen LogP contribution in [0.5, 0.6) is 5.75 Å². The highest BCUT2D eigenvalue weighted by Gasteiger charge is 2.38. The summed E-state index contributed by atoms with van der Waals surface area (Å²) >= 11 is 0. The van der Waals surface area contributed by atoms with Gasteiger partial charge >= 0.3 is 0 Å². The van der Waals surface area contributed by atoms with E-state index in [4.69, 9.17) is 4.74 Å². The predicted octanol–water partition coefficient (Wildman–Crippen LogP) is 3.25. The molecule has 0 bridgehead atoms. The fraction of sp³-hybridized carbons (Fsp3) is 0.667. The first-order chi connectivity index (χ1) is 10.1. The highest BCUT2D eigenvalue weighted by molar-refractivity contribution is 5.34. The first kappa shape index (κ1) is 16.3. The quantitative estimate of drug-likeness (QED) is 0.873. The monoisotopic (exact) mass is 291 g/mol. The fourth-order valence-corrected chi connectivity index (χ4v) is 3.37. The minimum absolute atomic E-state index is 0.152. The molecule has 3 heteroatoms. The third kappa shape index (κ3) is 3.58. The number of piperidine rings is 1. The van der Waals surface area contributed by atoms with Crippen LogP contribution >= 0.6 is 0 Å². The number of methoxy groups -OCH3 is 1. The molecular formula is C18H29NO2. The molecule has 0 aliphatic carbocycles. The molecule has 1 saturated heterocycles. The molecule has 1 heterocycles. The van der Waals surface area contributed by atoms with Crippen molar-refractivity contribution in [3.8, 4) is 5.75 Å². The Morgan fingerprint density at radius 3 is 2.52 bits per heavy atom. The molecule has 2 rings (SSSR count). The minimum Gasteiger partial charge on any atom is -0.496 e. The molecule has 1 aliphatic rings. The molecule has 118 valence electrons. The average Bonchev–Trinajstić information content (AvgIpc) is 2.55. The van der Waals surface area contributed by atoms with Crippen LogP contribution in [0.4, 0.5) is 0 Å². The molecule has 0 spiro atoms. The summed E-state index contributed by atoms with van der Waals surface area (Å²) in [6.07, 6.45) is 5.04. The van der Waals surface area contributed by atoms with E-state index in [1.807, 2.05) is 24.3 Å². The maximum absolute atomic E-state index is 10.9. The van der Waals surface area contributed by atoms with Gasteiger partial charge in [-0.3, -0.25) is 4.90 Å². The zero-order chi connectivity index (χ0) is 15.3. The lowest BCUT2D eigenvalue weighted by atomic mass is 9.84. The standard InChI is InChI=1S/C18H29NO2/c1-4-18(2,19-12-8-5-9-13-19)17(20)14-15-10-6-7-11-16(15)21-3/h6-7,10-11,17,20H,4-5,8-9,12-14H2,1-3H3. The zero-order valence-corrected chi connectivity index (χ0v) is 13.6. The Kier molecular flexibility index (Phi) is 5.65. The maximum Gasteiger partial charge on any atom is 0.122 e. The summed E-state index contributed by atoms with van der Waals surface area (Å²) in [4.78, 5) is 2.48. The summed E-state index contributed by atoms with van der Waals surface area (Å²) in [6.45, 7) is 6.60. The molecular weight excluding hydrogens is 262 g/mol. The van der Waals surface area contributed by atoms with Gasteiger partial charge in [-0.2, -0.15) is 0 Å². The predicted molar refractivity (Wildman–Crippen MR) is 86.8 cm³/mol. The number of hydrogen-bond donors (Lipinski definition) is 1. The fourth-order valence-electron chi connectivity index (χ4n) is 3.37. The molecule has 1 aromatic rings. The van der Waals surface area contributed by atoms with Crippen molar-refractivity contribution < 1.29 is 9.84 Å². The first-order valence-corrected chi connectivity index (χ1v) is 8.17. The third-order valence-corrected chi connectivity index (χ3v) is 5.12. The maximum atomic E-state index is 10.9. The molecule has 1 aromatic carbocycles. The van der Waals surface area contributed by atoms with Crippen LogP contribution in [-0.4, -0.2) is 41.8 Å². The molecule has 1 aliphatic heterocycles. The Balaban J connectivity index is 2.13. The molecule has 2 unspecified atom stereocenters. The molecule has 1 N–H and O–H groups in total. The Morgan fingerprint density at radius 2 is 1.90 bits per heavy atom. The van der Waals surface area contributed by atoms with Crippen LogP contribution in [0.25, 0.3) is 0 Å². The lowest BCUT2D eigenvalue weighted by molar-refractivity contribution is -0.0330. The van der Waals surface area contributed by atoms with Gasteiger partial charge in [-0.25, -0.2) is 0 Å². The second-order valence-corrected chi connectivity index (χ2v) is 6.29. The van der Waals surface area contributed by atoms with Crippen molar-refractivity contribution in [3.05, 3.63) is 29.8 Å². The largest absolute Gasteiger partial charge is 0.496 e. The summed E-state index contributed by atoms with van der Waals surface area (Å²) < 4.78 is 5.41. The van der Waals surface area contributed by atoms with Crippen molar-refractivity contribution in [2.24, 2.45) is 0 Å². The topological polar surface area (TPSA) is 32.7 Å². The van der Waals surface area contributed by atoms with Gasteiger partial charge < -0.3 is 9.84 Å². The number of para-hydroxylation sites is 1. The van der Waals surface area contributed by atoms with E-state index in [1.165, 1.54) is 19.3 Å². The Labute approximate surface area is 128 Å². The molecule has 2 atom stereocenters.